The van der Waals surface area contributed by atoms with Crippen molar-refractivity contribution in [1.29, 1.82) is 5.41 Å². The number of hydrogen-bond donors (Lipinski definition) is 3. The monoisotopic (exact) mass is 208 g/mol. The molecule has 0 bridgehead atoms. The number of nitrogens with one attached hydrogen (secondary N) is 1. The third kappa shape index (κ3) is 3.34. The van der Waals surface area contributed by atoms with Gasteiger partial charge in [-0.05, 0) is 17.7 Å². The minimum Gasteiger partial charge on any atom is -0.399 e. The van der Waals surface area contributed by atoms with Crippen LogP contribution in [-0.4, -0.2) is 12.4 Å². The van der Waals surface area contributed by atoms with Crippen LogP contribution in [0.1, 0.15) is 5.56 Å². The van der Waals surface area contributed by atoms with E-state index in [-0.39, 0.29) is 5.17 Å². The molecule has 14 heavy (non-hydrogen) atoms. The van der Waals surface area contributed by atoms with Crippen LogP contribution in [-0.2, 0) is 5.75 Å². The molecule has 5 N–H and O–H groups in total. The van der Waals surface area contributed by atoms with Crippen molar-refractivity contribution in [3.63, 3.8) is 0 Å². The molecule has 0 spiro atoms. The van der Waals surface area contributed by atoms with Gasteiger partial charge in [0.1, 0.15) is 7.28 Å². The van der Waals surface area contributed by atoms with Gasteiger partial charge in [-0.3, -0.25) is 5.41 Å². The summed E-state index contributed by atoms with van der Waals surface area (Å²) in [6.07, 6.45) is 0. The zero-order valence-corrected chi connectivity index (χ0v) is 8.82. The van der Waals surface area contributed by atoms with Crippen molar-refractivity contribution in [2.45, 2.75) is 12.6 Å². The molecule has 0 aliphatic carbocycles. The van der Waals surface area contributed by atoms with Crippen LogP contribution in [0.25, 0.3) is 0 Å². The topological polar surface area (TPSA) is 75.9 Å². The number of rotatable bonds is 4. The van der Waals surface area contributed by atoms with Crippen molar-refractivity contribution < 1.29 is 1.41 Å². The van der Waals surface area contributed by atoms with E-state index in [1.807, 2.05) is 32.3 Å². The molecule has 0 unspecified atom stereocenters. The maximum absolute atomic E-state index is 7.12. The van der Waals surface area contributed by atoms with Gasteiger partial charge >= 0.3 is 0 Å². The molecule has 5 heteroatoms. The first kappa shape index (κ1) is 9.46. The molecular formula is C9H13BN3S. The summed E-state index contributed by atoms with van der Waals surface area (Å²) in [6, 6.07) is 5.81. The van der Waals surface area contributed by atoms with Crippen molar-refractivity contribution in [1.82, 2.24) is 0 Å². The molecule has 0 atom stereocenters. The summed E-state index contributed by atoms with van der Waals surface area (Å²) in [6.45, 7) is 1.95. The first-order valence-corrected chi connectivity index (χ1v) is 5.22. The smallest absolute Gasteiger partial charge is 0.156 e. The highest BCUT2D eigenvalue weighted by molar-refractivity contribution is 8.13. The predicted octanol–water partition coefficient (Wildman–Crippen LogP) is 0.773. The lowest BCUT2D eigenvalue weighted by Crippen LogP contribution is -2.12. The average Bonchev–Trinajstić information content (AvgIpc) is 2.25. The van der Waals surface area contributed by atoms with E-state index < -0.39 is 0 Å². The Labute approximate surface area is 90.5 Å². The van der Waals surface area contributed by atoms with Gasteiger partial charge in [-0.2, -0.15) is 0 Å². The summed E-state index contributed by atoms with van der Waals surface area (Å²) in [7, 11) is 1.97. The van der Waals surface area contributed by atoms with E-state index in [4.69, 9.17) is 12.6 Å². The molecule has 1 rings (SSSR count). The Bertz CT molecular complexity index is 337. The third-order valence-electron chi connectivity index (χ3n) is 1.74. The standard InChI is InChI=1S/C9H13BN3S/c1-10-7-2-6(3-8(11)4-7)5-14-9(12)13/h2-4H,5,11H2,1H3,(H3,12,13)/i/hT. The number of benzene rings is 1. The fraction of sp³-hybridized carbons (Fsp3) is 0.222. The van der Waals surface area contributed by atoms with Gasteiger partial charge < -0.3 is 11.5 Å². The van der Waals surface area contributed by atoms with E-state index in [1.165, 1.54) is 11.8 Å². The second-order valence-corrected chi connectivity index (χ2v) is 3.92. The fourth-order valence-electron chi connectivity index (χ4n) is 1.13. The zero-order chi connectivity index (χ0) is 11.3. The molecule has 0 aliphatic rings. The molecule has 0 aromatic heterocycles. The van der Waals surface area contributed by atoms with Crippen molar-refractivity contribution in [2.24, 2.45) is 5.73 Å². The molecule has 0 saturated heterocycles. The maximum Gasteiger partial charge on any atom is 0.156 e. The Kier molecular flexibility index (Phi) is 3.35. The van der Waals surface area contributed by atoms with Gasteiger partial charge in [-0.25, -0.2) is 0 Å². The van der Waals surface area contributed by atoms with E-state index in [2.05, 4.69) is 5.73 Å². The summed E-state index contributed by atoms with van der Waals surface area (Å²) >= 11 is 1.28. The largest absolute Gasteiger partial charge is 0.399 e. The van der Waals surface area contributed by atoms with Crippen LogP contribution in [0.15, 0.2) is 18.2 Å². The first-order chi connectivity index (χ1) is 7.15. The highest BCUT2D eigenvalue weighted by atomic mass is 32.2. The van der Waals surface area contributed by atoms with Crippen LogP contribution in [0, 0.1) is 5.41 Å². The van der Waals surface area contributed by atoms with E-state index in [0.717, 1.165) is 16.7 Å². The molecule has 0 fully saturated rings. The molecule has 0 saturated carbocycles. The third-order valence-corrected chi connectivity index (χ3v) is 2.53. The lowest BCUT2D eigenvalue weighted by Gasteiger charge is -2.05. The lowest BCUT2D eigenvalue weighted by molar-refractivity contribution is 1.43. The SMILES string of the molecule is [3H]Nc1cc([B]C)cc(CSC(=N)N)c1. The molecule has 1 aromatic carbocycles. The van der Waals surface area contributed by atoms with Gasteiger partial charge in [-0.1, -0.05) is 30.1 Å². The summed E-state index contributed by atoms with van der Waals surface area (Å²) in [5.41, 5.74) is 10.5. The second-order valence-electron chi connectivity index (χ2n) is 2.90. The zero-order valence-electron chi connectivity index (χ0n) is 9.00. The second kappa shape index (κ2) is 4.95. The fourth-order valence-corrected chi connectivity index (χ4v) is 1.62. The van der Waals surface area contributed by atoms with Crippen LogP contribution < -0.4 is 16.9 Å². The summed E-state index contributed by atoms with van der Waals surface area (Å²) in [4.78, 5) is 0. The molecule has 0 amide bonds. The van der Waals surface area contributed by atoms with Crippen molar-refractivity contribution in [3.05, 3.63) is 23.8 Å². The molecular weight excluding hydrogens is 193 g/mol. The van der Waals surface area contributed by atoms with Gasteiger partial charge in [0.05, 0.1) is 0 Å². The Morgan fingerprint density at radius 2 is 2.43 bits per heavy atom. The molecule has 1 aromatic rings. The number of anilines is 1. The maximum atomic E-state index is 7.12. The van der Waals surface area contributed by atoms with Crippen LogP contribution in [0.2, 0.25) is 8.23 Å². The number of nitrogen functional groups attached to an aromatic ring is 1. The van der Waals surface area contributed by atoms with E-state index in [0.29, 0.717) is 5.75 Å². The minimum absolute atomic E-state index is 0.112. The van der Waals surface area contributed by atoms with Gasteiger partial charge in [0.25, 0.3) is 0 Å². The van der Waals surface area contributed by atoms with E-state index in [9.17, 15) is 0 Å². The van der Waals surface area contributed by atoms with Gasteiger partial charge in [0.2, 0.25) is 0 Å². The summed E-state index contributed by atoms with van der Waals surface area (Å²) < 4.78 is 7.09. The Morgan fingerprint density at radius 1 is 1.64 bits per heavy atom. The minimum atomic E-state index is 0.112. The van der Waals surface area contributed by atoms with E-state index >= 15 is 0 Å². The number of nitrogens with two attached hydrogens (primary N) is 2. The van der Waals surface area contributed by atoms with Gasteiger partial charge in [0.15, 0.2) is 6.58 Å². The Balaban J connectivity index is 2.81. The Hall–Kier alpha value is -1.10. The highest BCUT2D eigenvalue weighted by Crippen LogP contribution is 2.13. The molecule has 73 valence electrons. The predicted molar refractivity (Wildman–Crippen MR) is 65.3 cm³/mol. The number of amidine groups is 1. The first-order valence-electron chi connectivity index (χ1n) is 4.73. The van der Waals surface area contributed by atoms with Crippen molar-refractivity contribution in [2.75, 3.05) is 5.73 Å². The van der Waals surface area contributed by atoms with E-state index in [1.54, 1.807) is 0 Å². The normalized spacial score (nSPS) is 10.5. The van der Waals surface area contributed by atoms with Gasteiger partial charge in [0, 0.05) is 11.4 Å². The van der Waals surface area contributed by atoms with Crippen molar-refractivity contribution in [3.8, 4) is 0 Å². The Morgan fingerprint density at radius 3 is 3.00 bits per heavy atom. The quantitative estimate of drug-likeness (QED) is 0.296. The molecule has 3 nitrogen and oxygen atoms in total. The molecule has 0 aliphatic heterocycles. The van der Waals surface area contributed by atoms with Crippen LogP contribution >= 0.6 is 11.8 Å². The number of hydrogen-bond acceptors (Lipinski definition) is 3. The number of thioether (sulfide) groups is 1. The van der Waals surface area contributed by atoms with Crippen LogP contribution in [0.3, 0.4) is 0 Å². The van der Waals surface area contributed by atoms with Crippen LogP contribution in [0.4, 0.5) is 5.69 Å². The summed E-state index contributed by atoms with van der Waals surface area (Å²) in [5, 5.41) is 7.23. The summed E-state index contributed by atoms with van der Waals surface area (Å²) in [5.74, 6) is 0.658. The lowest BCUT2D eigenvalue weighted by atomic mass is 9.73. The van der Waals surface area contributed by atoms with Crippen molar-refractivity contribution >= 4 is 35.4 Å². The average molecular weight is 208 g/mol. The van der Waals surface area contributed by atoms with Crippen LogP contribution in [0.5, 0.6) is 0 Å². The highest BCUT2D eigenvalue weighted by Gasteiger charge is 1.99. The molecule has 1 radical (unpaired) electrons. The molecule has 0 heterocycles. The van der Waals surface area contributed by atoms with Gasteiger partial charge in [-0.15, -0.1) is 0 Å².